The summed E-state index contributed by atoms with van der Waals surface area (Å²) in [5, 5.41) is 0. The van der Waals surface area contributed by atoms with Gasteiger partial charge in [-0.05, 0) is 38.5 Å². The predicted molar refractivity (Wildman–Crippen MR) is 66.4 cm³/mol. The van der Waals surface area contributed by atoms with Crippen molar-refractivity contribution in [3.8, 4) is 0 Å². The SMILES string of the molecule is C/C=C\C(C)=C(/C)C(C)(CC)C(C)C. The van der Waals surface area contributed by atoms with Gasteiger partial charge in [-0.25, -0.2) is 0 Å². The molecule has 0 bridgehead atoms. The van der Waals surface area contributed by atoms with Gasteiger partial charge in [0.1, 0.15) is 0 Å². The van der Waals surface area contributed by atoms with Gasteiger partial charge in [-0.1, -0.05) is 51.0 Å². The summed E-state index contributed by atoms with van der Waals surface area (Å²) in [5.74, 6) is 0.702. The van der Waals surface area contributed by atoms with E-state index in [-0.39, 0.29) is 0 Å². The van der Waals surface area contributed by atoms with Crippen molar-refractivity contribution in [3.05, 3.63) is 23.3 Å². The molecule has 0 nitrogen and oxygen atoms in total. The highest BCUT2D eigenvalue weighted by atomic mass is 14.3. The largest absolute Gasteiger partial charge is 0.0874 e. The minimum Gasteiger partial charge on any atom is -0.0874 e. The molecule has 0 radical (unpaired) electrons. The van der Waals surface area contributed by atoms with Crippen molar-refractivity contribution >= 4 is 0 Å². The Morgan fingerprint density at radius 2 is 1.79 bits per heavy atom. The Hall–Kier alpha value is -0.520. The zero-order valence-electron chi connectivity index (χ0n) is 10.9. The lowest BCUT2D eigenvalue weighted by molar-refractivity contribution is 0.264. The van der Waals surface area contributed by atoms with Gasteiger partial charge in [-0.3, -0.25) is 0 Å². The lowest BCUT2D eigenvalue weighted by atomic mass is 9.70. The monoisotopic (exact) mass is 194 g/mol. The summed E-state index contributed by atoms with van der Waals surface area (Å²) in [6.07, 6.45) is 5.55. The molecular formula is C14H26. The normalized spacial score (nSPS) is 18.6. The van der Waals surface area contributed by atoms with E-state index < -0.39 is 0 Å². The van der Waals surface area contributed by atoms with E-state index in [1.807, 2.05) is 0 Å². The average molecular weight is 194 g/mol. The summed E-state index contributed by atoms with van der Waals surface area (Å²) >= 11 is 0. The van der Waals surface area contributed by atoms with Crippen LogP contribution in [-0.2, 0) is 0 Å². The topological polar surface area (TPSA) is 0 Å². The number of hydrogen-bond acceptors (Lipinski definition) is 0. The highest BCUT2D eigenvalue weighted by Gasteiger charge is 2.28. The van der Waals surface area contributed by atoms with Crippen LogP contribution in [0.3, 0.4) is 0 Å². The summed E-state index contributed by atoms with van der Waals surface area (Å²) in [6.45, 7) is 15.9. The lowest BCUT2D eigenvalue weighted by Gasteiger charge is -2.35. The highest BCUT2D eigenvalue weighted by Crippen LogP contribution is 2.39. The molecule has 0 rings (SSSR count). The van der Waals surface area contributed by atoms with E-state index in [4.69, 9.17) is 0 Å². The highest BCUT2D eigenvalue weighted by molar-refractivity contribution is 5.27. The molecule has 0 fully saturated rings. The Morgan fingerprint density at radius 3 is 2.07 bits per heavy atom. The van der Waals surface area contributed by atoms with Crippen LogP contribution in [-0.4, -0.2) is 0 Å². The van der Waals surface area contributed by atoms with E-state index in [2.05, 4.69) is 60.6 Å². The minimum absolute atomic E-state index is 0.351. The first-order valence-electron chi connectivity index (χ1n) is 5.70. The van der Waals surface area contributed by atoms with Crippen LogP contribution in [0.5, 0.6) is 0 Å². The maximum Gasteiger partial charge on any atom is -0.00931 e. The maximum atomic E-state index is 2.38. The van der Waals surface area contributed by atoms with Crippen LogP contribution in [0.2, 0.25) is 0 Å². The fraction of sp³-hybridized carbons (Fsp3) is 0.714. The summed E-state index contributed by atoms with van der Waals surface area (Å²) in [5.41, 5.74) is 3.31. The molecule has 0 aliphatic rings. The zero-order valence-corrected chi connectivity index (χ0v) is 10.9. The third-order valence-electron chi connectivity index (χ3n) is 3.87. The molecule has 0 aromatic rings. The van der Waals surface area contributed by atoms with Gasteiger partial charge in [0.05, 0.1) is 0 Å². The molecule has 0 aliphatic heterocycles. The van der Waals surface area contributed by atoms with Crippen molar-refractivity contribution < 1.29 is 0 Å². The van der Waals surface area contributed by atoms with E-state index in [1.54, 1.807) is 0 Å². The second-order valence-electron chi connectivity index (χ2n) is 4.73. The van der Waals surface area contributed by atoms with E-state index in [1.165, 1.54) is 17.6 Å². The third-order valence-corrected chi connectivity index (χ3v) is 3.87. The molecule has 82 valence electrons. The van der Waals surface area contributed by atoms with Crippen LogP contribution in [0.4, 0.5) is 0 Å². The Bertz CT molecular complexity index is 230. The van der Waals surface area contributed by atoms with Gasteiger partial charge in [0.25, 0.3) is 0 Å². The van der Waals surface area contributed by atoms with Crippen LogP contribution in [0.1, 0.15) is 54.9 Å². The first-order chi connectivity index (χ1) is 6.40. The van der Waals surface area contributed by atoms with Crippen LogP contribution in [0.15, 0.2) is 23.3 Å². The molecule has 0 aromatic carbocycles. The summed E-state index contributed by atoms with van der Waals surface area (Å²) in [4.78, 5) is 0. The Labute approximate surface area is 90.1 Å². The van der Waals surface area contributed by atoms with Gasteiger partial charge in [-0.2, -0.15) is 0 Å². The summed E-state index contributed by atoms with van der Waals surface area (Å²) in [6, 6.07) is 0. The van der Waals surface area contributed by atoms with Crippen molar-refractivity contribution in [1.29, 1.82) is 0 Å². The van der Waals surface area contributed by atoms with E-state index >= 15 is 0 Å². The van der Waals surface area contributed by atoms with Gasteiger partial charge in [0.15, 0.2) is 0 Å². The van der Waals surface area contributed by atoms with E-state index in [0.717, 1.165) is 0 Å². The lowest BCUT2D eigenvalue weighted by Crippen LogP contribution is -2.24. The average Bonchev–Trinajstić information content (AvgIpc) is 2.15. The van der Waals surface area contributed by atoms with Gasteiger partial charge in [0, 0.05) is 0 Å². The van der Waals surface area contributed by atoms with Crippen LogP contribution >= 0.6 is 0 Å². The van der Waals surface area contributed by atoms with Crippen molar-refractivity contribution in [2.45, 2.75) is 54.9 Å². The zero-order chi connectivity index (χ0) is 11.4. The molecule has 0 aromatic heterocycles. The quantitative estimate of drug-likeness (QED) is 0.554. The molecule has 0 amide bonds. The molecule has 1 atom stereocenters. The smallest absolute Gasteiger partial charge is 0.00931 e. The molecule has 0 aliphatic carbocycles. The second kappa shape index (κ2) is 5.38. The number of rotatable bonds is 4. The molecular weight excluding hydrogens is 168 g/mol. The molecule has 1 unspecified atom stereocenters. The van der Waals surface area contributed by atoms with Gasteiger partial charge >= 0.3 is 0 Å². The predicted octanol–water partition coefficient (Wildman–Crippen LogP) is 4.97. The van der Waals surface area contributed by atoms with Crippen molar-refractivity contribution in [2.75, 3.05) is 0 Å². The van der Waals surface area contributed by atoms with Gasteiger partial charge in [-0.15, -0.1) is 0 Å². The van der Waals surface area contributed by atoms with Crippen molar-refractivity contribution in [2.24, 2.45) is 11.3 Å². The van der Waals surface area contributed by atoms with Crippen molar-refractivity contribution in [3.63, 3.8) is 0 Å². The third kappa shape index (κ3) is 2.73. The number of hydrogen-bond donors (Lipinski definition) is 0. The molecule has 0 N–H and O–H groups in total. The van der Waals surface area contributed by atoms with Crippen molar-refractivity contribution in [1.82, 2.24) is 0 Å². The maximum absolute atomic E-state index is 2.38. The standard InChI is InChI=1S/C14H26/c1-8-10-12(5)13(6)14(7,9-2)11(3)4/h8,10-11H,9H2,1-7H3/b10-8-,13-12+. The fourth-order valence-electron chi connectivity index (χ4n) is 1.93. The molecule has 0 spiro atoms. The van der Waals surface area contributed by atoms with E-state index in [0.29, 0.717) is 11.3 Å². The molecule has 0 saturated heterocycles. The van der Waals surface area contributed by atoms with Crippen LogP contribution in [0.25, 0.3) is 0 Å². The Balaban J connectivity index is 5.14. The molecule has 0 heterocycles. The summed E-state index contributed by atoms with van der Waals surface area (Å²) in [7, 11) is 0. The molecule has 0 saturated carbocycles. The molecule has 0 heteroatoms. The number of allylic oxidation sites excluding steroid dienone is 4. The Kier molecular flexibility index (Phi) is 5.18. The van der Waals surface area contributed by atoms with Gasteiger partial charge in [0.2, 0.25) is 0 Å². The Morgan fingerprint density at radius 1 is 1.29 bits per heavy atom. The van der Waals surface area contributed by atoms with Crippen LogP contribution < -0.4 is 0 Å². The minimum atomic E-state index is 0.351. The fourth-order valence-corrected chi connectivity index (χ4v) is 1.93. The summed E-state index contributed by atoms with van der Waals surface area (Å²) < 4.78 is 0. The van der Waals surface area contributed by atoms with Crippen LogP contribution in [0, 0.1) is 11.3 Å². The molecule has 14 heavy (non-hydrogen) atoms. The second-order valence-corrected chi connectivity index (χ2v) is 4.73. The first-order valence-corrected chi connectivity index (χ1v) is 5.70. The van der Waals surface area contributed by atoms with E-state index in [9.17, 15) is 0 Å². The first kappa shape index (κ1) is 13.5. The van der Waals surface area contributed by atoms with Gasteiger partial charge < -0.3 is 0 Å².